The summed E-state index contributed by atoms with van der Waals surface area (Å²) in [5.41, 5.74) is 5.40. The molecule has 0 unspecified atom stereocenters. The van der Waals surface area contributed by atoms with Crippen LogP contribution in [0, 0.1) is 17.7 Å². The van der Waals surface area contributed by atoms with Gasteiger partial charge in [-0.1, -0.05) is 64.1 Å². The van der Waals surface area contributed by atoms with Crippen LogP contribution in [0.2, 0.25) is 0 Å². The number of nitrogens with zero attached hydrogens (tertiary/aromatic N) is 4. The van der Waals surface area contributed by atoms with E-state index >= 15 is 0 Å². The zero-order chi connectivity index (χ0) is 45.7. The molecule has 3 aliphatic rings. The molecule has 0 radical (unpaired) electrons. The summed E-state index contributed by atoms with van der Waals surface area (Å²) in [7, 11) is 2.78. The molecule has 3 aliphatic heterocycles. The largest absolute Gasteiger partial charge is 0.483 e. The fourth-order valence-electron chi connectivity index (χ4n) is 9.40. The molecular formula is C49H61FN8O6. The fourth-order valence-corrected chi connectivity index (χ4v) is 9.40. The summed E-state index contributed by atoms with van der Waals surface area (Å²) in [5, 5.41) is 8.82. The van der Waals surface area contributed by atoms with Crippen LogP contribution < -0.4 is 20.9 Å². The van der Waals surface area contributed by atoms with Crippen LogP contribution in [-0.2, 0) is 23.9 Å². The van der Waals surface area contributed by atoms with E-state index in [-0.39, 0.29) is 53.5 Å². The summed E-state index contributed by atoms with van der Waals surface area (Å²) in [6.07, 6.45) is 5.82. The third kappa shape index (κ3) is 9.88. The van der Waals surface area contributed by atoms with Gasteiger partial charge in [0.25, 0.3) is 0 Å². The Balaban J connectivity index is 1.05. The molecule has 15 heteroatoms. The Hall–Kier alpha value is -6.38. The van der Waals surface area contributed by atoms with Gasteiger partial charge in [-0.3, -0.25) is 14.4 Å². The van der Waals surface area contributed by atoms with Gasteiger partial charge < -0.3 is 45.1 Å². The highest BCUT2D eigenvalue weighted by molar-refractivity contribution is 5.98. The smallest absolute Gasteiger partial charge is 0.407 e. The average Bonchev–Trinajstić information content (AvgIpc) is 4.14. The van der Waals surface area contributed by atoms with Gasteiger partial charge in [-0.05, 0) is 104 Å². The number of aromatic amines is 1. The van der Waals surface area contributed by atoms with Crippen molar-refractivity contribution in [2.75, 3.05) is 37.5 Å². The molecule has 3 aromatic carbocycles. The Labute approximate surface area is 375 Å². The third-order valence-electron chi connectivity index (χ3n) is 12.8. The van der Waals surface area contributed by atoms with E-state index in [2.05, 4.69) is 56.7 Å². The minimum atomic E-state index is -0.714. The highest BCUT2D eigenvalue weighted by Crippen LogP contribution is 2.47. The van der Waals surface area contributed by atoms with E-state index in [1.807, 2.05) is 70.3 Å². The number of halogens is 1. The Kier molecular flexibility index (Phi) is 14.3. The van der Waals surface area contributed by atoms with Gasteiger partial charge in [-0.2, -0.15) is 0 Å². The molecule has 3 fully saturated rings. The van der Waals surface area contributed by atoms with Gasteiger partial charge in [0.05, 0.1) is 38.0 Å². The van der Waals surface area contributed by atoms with Crippen molar-refractivity contribution in [2.45, 2.75) is 102 Å². The van der Waals surface area contributed by atoms with Crippen LogP contribution in [0.4, 0.5) is 20.6 Å². The number of H-pyrrole nitrogens is 1. The standard InChI is InChI=1S/C49H61FN8O6/c1-29(2)43(52-31(5)63-6)47(60)57-27-9-11-42(57)46(59)53-36-20-16-34(17-21-36)40-25-24-39(58(40)37-22-18-35(50)19-23-37)33-14-12-32(13-15-33)38-28-51-45(54-38)41-10-8-26-56(41)48(61)44(30(3)4)55-49(62)64-7/h12-23,28-30,39-44,52H,5,8-11,24-27H2,1-4,6-7H3,(H,51,54)(H,53,59)(H,55,62)/t39-,40-,41-,42-,43-,44-/m0/s1. The third-order valence-corrected chi connectivity index (χ3v) is 12.8. The highest BCUT2D eigenvalue weighted by atomic mass is 19.1. The number of hydrogen-bond acceptors (Lipinski definition) is 9. The number of nitrogens with one attached hydrogen (secondary N) is 4. The Morgan fingerprint density at radius 1 is 0.734 bits per heavy atom. The number of aromatic nitrogens is 2. The zero-order valence-electron chi connectivity index (χ0n) is 37.6. The van der Waals surface area contributed by atoms with Crippen molar-refractivity contribution in [3.63, 3.8) is 0 Å². The number of carbonyl (C=O) groups is 4. The van der Waals surface area contributed by atoms with Gasteiger partial charge in [0.2, 0.25) is 17.7 Å². The number of rotatable bonds is 15. The van der Waals surface area contributed by atoms with Crippen molar-refractivity contribution in [1.29, 1.82) is 0 Å². The average molecular weight is 877 g/mol. The molecule has 0 bridgehead atoms. The van der Waals surface area contributed by atoms with E-state index in [0.29, 0.717) is 36.9 Å². The monoisotopic (exact) mass is 876 g/mol. The van der Waals surface area contributed by atoms with Crippen molar-refractivity contribution in [2.24, 2.45) is 11.8 Å². The van der Waals surface area contributed by atoms with Crippen LogP contribution in [0.1, 0.15) is 101 Å². The number of benzene rings is 3. The van der Waals surface area contributed by atoms with Crippen LogP contribution in [0.25, 0.3) is 11.3 Å². The topological polar surface area (TPSA) is 161 Å². The van der Waals surface area contributed by atoms with E-state index in [9.17, 15) is 23.6 Å². The van der Waals surface area contributed by atoms with Crippen LogP contribution in [0.5, 0.6) is 0 Å². The van der Waals surface area contributed by atoms with Gasteiger partial charge in [0, 0.05) is 36.2 Å². The van der Waals surface area contributed by atoms with Crippen LogP contribution in [0.3, 0.4) is 0 Å². The van der Waals surface area contributed by atoms with Crippen molar-refractivity contribution >= 4 is 35.2 Å². The first-order chi connectivity index (χ1) is 30.8. The Morgan fingerprint density at radius 2 is 1.31 bits per heavy atom. The minimum absolute atomic E-state index is 0.000274. The summed E-state index contributed by atoms with van der Waals surface area (Å²) < 4.78 is 24.2. The van der Waals surface area contributed by atoms with Gasteiger partial charge >= 0.3 is 6.09 Å². The highest BCUT2D eigenvalue weighted by Gasteiger charge is 2.40. The maximum absolute atomic E-state index is 14.2. The summed E-state index contributed by atoms with van der Waals surface area (Å²) >= 11 is 0. The number of carbonyl (C=O) groups excluding carboxylic acids is 4. The van der Waals surface area contributed by atoms with E-state index < -0.39 is 24.2 Å². The molecule has 7 rings (SSSR count). The molecule has 0 aliphatic carbocycles. The van der Waals surface area contributed by atoms with E-state index in [4.69, 9.17) is 14.5 Å². The first-order valence-corrected chi connectivity index (χ1v) is 22.3. The number of likely N-dealkylation sites (tertiary alicyclic amines) is 2. The molecule has 64 heavy (non-hydrogen) atoms. The van der Waals surface area contributed by atoms with Gasteiger partial charge in [0.1, 0.15) is 29.8 Å². The summed E-state index contributed by atoms with van der Waals surface area (Å²) in [5.74, 6) is -0.0210. The molecule has 1 aromatic heterocycles. The Bertz CT molecular complexity index is 2280. The lowest BCUT2D eigenvalue weighted by molar-refractivity contribution is -0.139. The number of anilines is 2. The summed E-state index contributed by atoms with van der Waals surface area (Å²) in [6, 6.07) is 20.7. The zero-order valence-corrected chi connectivity index (χ0v) is 37.6. The van der Waals surface area contributed by atoms with Crippen LogP contribution in [-0.4, -0.2) is 89.0 Å². The van der Waals surface area contributed by atoms with Crippen molar-refractivity contribution in [1.82, 2.24) is 30.4 Å². The van der Waals surface area contributed by atoms with Crippen LogP contribution in [0.15, 0.2) is 91.5 Å². The molecular weight excluding hydrogens is 816 g/mol. The van der Waals surface area contributed by atoms with E-state index in [0.717, 1.165) is 60.2 Å². The van der Waals surface area contributed by atoms with Crippen molar-refractivity contribution in [3.8, 4) is 11.3 Å². The molecule has 3 saturated heterocycles. The fraction of sp³-hybridized carbons (Fsp3) is 0.449. The van der Waals surface area contributed by atoms with Gasteiger partial charge in [-0.25, -0.2) is 14.2 Å². The number of amides is 4. The molecule has 4 aromatic rings. The van der Waals surface area contributed by atoms with Crippen molar-refractivity contribution < 1.29 is 33.0 Å². The predicted octanol–water partition coefficient (Wildman–Crippen LogP) is 8.00. The molecule has 4 amide bonds. The lowest BCUT2D eigenvalue weighted by atomic mass is 10.0. The van der Waals surface area contributed by atoms with Crippen molar-refractivity contribution in [3.05, 3.63) is 114 Å². The minimum Gasteiger partial charge on any atom is -0.483 e. The quantitative estimate of drug-likeness (QED) is 0.0868. The summed E-state index contributed by atoms with van der Waals surface area (Å²) in [4.78, 5) is 67.1. The van der Waals surface area contributed by atoms with E-state index in [1.165, 1.54) is 26.4 Å². The second-order valence-electron chi connectivity index (χ2n) is 17.6. The predicted molar refractivity (Wildman–Crippen MR) is 243 cm³/mol. The second kappa shape index (κ2) is 20.0. The molecule has 4 heterocycles. The lowest BCUT2D eigenvalue weighted by Crippen LogP contribution is -2.53. The molecule has 14 nitrogen and oxygen atoms in total. The van der Waals surface area contributed by atoms with Gasteiger partial charge in [0.15, 0.2) is 5.88 Å². The summed E-state index contributed by atoms with van der Waals surface area (Å²) in [6.45, 7) is 12.6. The van der Waals surface area contributed by atoms with Crippen LogP contribution >= 0.6 is 0 Å². The number of methoxy groups -OCH3 is 2. The van der Waals surface area contributed by atoms with Gasteiger partial charge in [-0.15, -0.1) is 0 Å². The second-order valence-corrected chi connectivity index (χ2v) is 17.6. The SMILES string of the molecule is C=C(N[C@H](C(=O)N1CCC[C@H]1C(=O)Nc1ccc([C@@H]2CC[C@@H](c3ccc(-c4c[nH]c([C@@H]5CCCN5C(=O)[C@@H](NC(=O)OC)C(C)C)n4)cc3)N2c2ccc(F)cc2)cc1)C(C)C)OC. The number of imidazole rings is 1. The molecule has 0 saturated carbocycles. The first-order valence-electron chi connectivity index (χ1n) is 22.3. The normalized spacial score (nSPS) is 20.6. The molecule has 4 N–H and O–H groups in total. The molecule has 6 atom stereocenters. The Morgan fingerprint density at radius 3 is 1.92 bits per heavy atom. The number of ether oxygens (including phenoxy) is 2. The first kappa shape index (κ1) is 45.6. The molecule has 0 spiro atoms. The van der Waals surface area contributed by atoms with E-state index in [1.54, 1.807) is 9.80 Å². The maximum Gasteiger partial charge on any atom is 0.407 e. The molecule has 340 valence electrons. The number of hydrogen-bond donors (Lipinski definition) is 4. The maximum atomic E-state index is 14.2. The number of alkyl carbamates (subject to hydrolysis) is 1. The lowest BCUT2D eigenvalue weighted by Gasteiger charge is -2.33.